The number of benzene rings is 2. The number of aliphatic imine (C=N–C) groups is 1. The van der Waals surface area contributed by atoms with Crippen molar-refractivity contribution in [3.05, 3.63) is 51.6 Å². The average molecular weight is 609 g/mol. The van der Waals surface area contributed by atoms with Gasteiger partial charge in [-0.3, -0.25) is 19.4 Å². The zero-order valence-electron chi connectivity index (χ0n) is 24.8. The first-order chi connectivity index (χ1) is 20.9. The highest BCUT2D eigenvalue weighted by atomic mass is 16.7. The molecule has 2 saturated heterocycles. The van der Waals surface area contributed by atoms with Gasteiger partial charge in [-0.2, -0.15) is 0 Å². The number of carbonyl (C=O) groups is 3. The number of phenols is 2. The van der Waals surface area contributed by atoms with Crippen LogP contribution in [0.5, 0.6) is 17.2 Å². The molecule has 4 aliphatic rings. The van der Waals surface area contributed by atoms with Gasteiger partial charge < -0.3 is 39.5 Å². The average Bonchev–Trinajstić information content (AvgIpc) is 3.52. The Bertz CT molecular complexity index is 1560. The molecule has 2 fully saturated rings. The topological polar surface area (TPSA) is 175 Å². The molecule has 0 spiro atoms. The van der Waals surface area contributed by atoms with Crippen LogP contribution in [0.2, 0.25) is 0 Å². The molecule has 2 aromatic carbocycles. The van der Waals surface area contributed by atoms with Crippen molar-refractivity contribution in [2.75, 3.05) is 20.2 Å². The number of aliphatic hydroxyl groups is 2. The number of aliphatic hydroxyl groups excluding tert-OH is 1. The van der Waals surface area contributed by atoms with Crippen LogP contribution in [0.1, 0.15) is 88.6 Å². The summed E-state index contributed by atoms with van der Waals surface area (Å²) in [6, 6.07) is 3.90. The molecule has 4 N–H and O–H groups in total. The van der Waals surface area contributed by atoms with Crippen LogP contribution in [0.4, 0.5) is 0 Å². The van der Waals surface area contributed by atoms with Gasteiger partial charge >= 0.3 is 0 Å². The van der Waals surface area contributed by atoms with Crippen molar-refractivity contribution in [3.8, 4) is 17.2 Å². The molecule has 6 rings (SSSR count). The molecular weight excluding hydrogens is 572 g/mol. The Labute approximate surface area is 253 Å². The molecule has 6 atom stereocenters. The lowest BCUT2D eigenvalue weighted by atomic mass is 9.72. The smallest absolute Gasteiger partial charge is 0.202 e. The maximum atomic E-state index is 13.8. The lowest BCUT2D eigenvalue weighted by Gasteiger charge is -2.42. The number of hydrogen-bond acceptors (Lipinski definition) is 11. The van der Waals surface area contributed by atoms with Crippen molar-refractivity contribution in [2.24, 2.45) is 4.99 Å². The van der Waals surface area contributed by atoms with Gasteiger partial charge in [-0.15, -0.1) is 0 Å². The molecule has 12 nitrogen and oxygen atoms in total. The van der Waals surface area contributed by atoms with Crippen molar-refractivity contribution < 1.29 is 49.0 Å². The van der Waals surface area contributed by atoms with Crippen LogP contribution >= 0.6 is 0 Å². The van der Waals surface area contributed by atoms with Gasteiger partial charge in [-0.1, -0.05) is 12.1 Å². The van der Waals surface area contributed by atoms with Gasteiger partial charge in [0.15, 0.2) is 17.9 Å². The van der Waals surface area contributed by atoms with Crippen LogP contribution in [0, 0.1) is 0 Å². The molecular formula is C32H36N2O10. The van der Waals surface area contributed by atoms with E-state index in [0.29, 0.717) is 0 Å². The third-order valence-corrected chi connectivity index (χ3v) is 9.28. The fourth-order valence-electron chi connectivity index (χ4n) is 6.78. The normalized spacial score (nSPS) is 29.8. The number of nitrogens with zero attached hydrogens (tertiary/aromatic N) is 2. The van der Waals surface area contributed by atoms with E-state index in [1.165, 1.54) is 32.2 Å². The number of Topliss-reactive ketones (excluding diaryl/α,β-unsaturated/α-hetero) is 1. The number of rotatable bonds is 6. The molecule has 0 radical (unpaired) electrons. The number of phenolic OH excluding ortho intramolecular Hbond substituents is 2. The Morgan fingerprint density at radius 2 is 1.82 bits per heavy atom. The number of hydrogen-bond donors (Lipinski definition) is 4. The van der Waals surface area contributed by atoms with E-state index in [9.17, 15) is 34.8 Å². The van der Waals surface area contributed by atoms with Crippen LogP contribution in [0.3, 0.4) is 0 Å². The molecule has 234 valence electrons. The van der Waals surface area contributed by atoms with Crippen LogP contribution in [-0.4, -0.2) is 99.4 Å². The number of carbonyl (C=O) groups excluding carboxylic acids is 3. The highest BCUT2D eigenvalue weighted by Crippen LogP contribution is 2.52. The summed E-state index contributed by atoms with van der Waals surface area (Å²) in [6.07, 6.45) is -0.567. The maximum absolute atomic E-state index is 13.8. The highest BCUT2D eigenvalue weighted by Gasteiger charge is 2.49. The molecule has 4 unspecified atom stereocenters. The first-order valence-electron chi connectivity index (χ1n) is 14.8. The van der Waals surface area contributed by atoms with Crippen molar-refractivity contribution in [3.63, 3.8) is 0 Å². The van der Waals surface area contributed by atoms with Crippen molar-refractivity contribution in [1.29, 1.82) is 0 Å². The monoisotopic (exact) mass is 608 g/mol. The lowest BCUT2D eigenvalue weighted by molar-refractivity contribution is -0.246. The quantitative estimate of drug-likeness (QED) is 0.183. The summed E-state index contributed by atoms with van der Waals surface area (Å²) in [5.41, 5.74) is -2.99. The van der Waals surface area contributed by atoms with E-state index >= 15 is 0 Å². The van der Waals surface area contributed by atoms with Gasteiger partial charge in [0, 0.05) is 49.0 Å². The standard InChI is InChI=1S/C32H36N2O10/c1-15-27(36)19(33-14-34-9-4-5-10-34)11-22(43-15)44-21-13-32(41,16(2)35)12-18-24(21)31(40)26-25(29(18)38)28(37)17-7-6-8-20(42-3)23(17)30(26)39/h6-8,14-15,19,21-22,27,36,38,40-41H,4-5,9-13H2,1-3H3/t15?,19-,21-,22?,27?,32?/m0/s1. The minimum atomic E-state index is -2.01. The van der Waals surface area contributed by atoms with Crippen LogP contribution in [0.25, 0.3) is 0 Å². The molecule has 2 heterocycles. The molecule has 12 heteroatoms. The van der Waals surface area contributed by atoms with E-state index < -0.39 is 82.6 Å². The number of methoxy groups -OCH3 is 1. The number of aromatic hydroxyl groups is 2. The first kappa shape index (κ1) is 30.2. The predicted molar refractivity (Wildman–Crippen MR) is 155 cm³/mol. The Balaban J connectivity index is 1.41. The Morgan fingerprint density at radius 1 is 1.11 bits per heavy atom. The third kappa shape index (κ3) is 4.86. The van der Waals surface area contributed by atoms with Crippen molar-refractivity contribution in [2.45, 2.75) is 82.2 Å². The summed E-state index contributed by atoms with van der Waals surface area (Å²) in [7, 11) is 1.35. The summed E-state index contributed by atoms with van der Waals surface area (Å²) in [5.74, 6) is -3.12. The molecule has 0 amide bonds. The van der Waals surface area contributed by atoms with Crippen LogP contribution in [0.15, 0.2) is 23.2 Å². The number of ether oxygens (including phenoxy) is 3. The van der Waals surface area contributed by atoms with Crippen LogP contribution in [-0.2, 0) is 20.7 Å². The minimum Gasteiger partial charge on any atom is -0.507 e. The Morgan fingerprint density at radius 3 is 2.50 bits per heavy atom. The molecule has 2 aliphatic heterocycles. The van der Waals surface area contributed by atoms with E-state index in [2.05, 4.69) is 9.89 Å². The first-order valence-corrected chi connectivity index (χ1v) is 14.8. The fourth-order valence-corrected chi connectivity index (χ4v) is 6.78. The second-order valence-corrected chi connectivity index (χ2v) is 12.0. The summed E-state index contributed by atoms with van der Waals surface area (Å²) >= 11 is 0. The van der Waals surface area contributed by atoms with Gasteiger partial charge in [0.1, 0.15) is 29.0 Å². The Hall–Kier alpha value is -3.84. The minimum absolute atomic E-state index is 0.00869. The van der Waals surface area contributed by atoms with Gasteiger partial charge in [0.05, 0.1) is 48.4 Å². The van der Waals surface area contributed by atoms with E-state index in [-0.39, 0.29) is 40.8 Å². The van der Waals surface area contributed by atoms with E-state index in [0.717, 1.165) is 25.9 Å². The number of fused-ring (bicyclic) bond motifs is 3. The van der Waals surface area contributed by atoms with E-state index in [1.807, 2.05) is 0 Å². The fraction of sp³-hybridized carbons (Fsp3) is 0.500. The van der Waals surface area contributed by atoms with Gasteiger partial charge in [0.25, 0.3) is 0 Å². The van der Waals surface area contributed by atoms with Crippen molar-refractivity contribution >= 4 is 23.7 Å². The molecule has 0 aromatic heterocycles. The lowest BCUT2D eigenvalue weighted by Crippen LogP contribution is -2.49. The number of likely N-dealkylation sites (tertiary alicyclic amines) is 1. The van der Waals surface area contributed by atoms with Gasteiger partial charge in [-0.05, 0) is 32.8 Å². The van der Waals surface area contributed by atoms with Gasteiger partial charge in [0.2, 0.25) is 5.78 Å². The largest absolute Gasteiger partial charge is 0.507 e. The second kappa shape index (κ2) is 11.3. The SMILES string of the molecule is COc1cccc2c1C(=O)c1c(O)c3c(c(O)c1C2=O)CC(O)(C(C)=O)C[C@@H]3OC1C[C@H](N=CN2CCCC2)C(O)C(C)O1. The molecule has 2 aromatic rings. The van der Waals surface area contributed by atoms with Crippen LogP contribution < -0.4 is 4.74 Å². The summed E-state index contributed by atoms with van der Waals surface area (Å²) < 4.78 is 17.6. The van der Waals surface area contributed by atoms with Crippen molar-refractivity contribution in [1.82, 2.24) is 4.90 Å². The molecule has 2 aliphatic carbocycles. The Kier molecular flexibility index (Phi) is 7.73. The molecule has 0 saturated carbocycles. The van der Waals surface area contributed by atoms with E-state index in [4.69, 9.17) is 14.2 Å². The maximum Gasteiger partial charge on any atom is 0.202 e. The zero-order chi connectivity index (χ0) is 31.5. The zero-order valence-corrected chi connectivity index (χ0v) is 24.8. The summed E-state index contributed by atoms with van der Waals surface area (Å²) in [6.45, 7) is 4.64. The second-order valence-electron chi connectivity index (χ2n) is 12.0. The summed E-state index contributed by atoms with van der Waals surface area (Å²) in [5, 5.41) is 45.4. The van der Waals surface area contributed by atoms with Gasteiger partial charge in [-0.25, -0.2) is 0 Å². The number of ketones is 3. The molecule has 44 heavy (non-hydrogen) atoms. The van der Waals surface area contributed by atoms with E-state index in [1.54, 1.807) is 13.3 Å². The highest BCUT2D eigenvalue weighted by molar-refractivity contribution is 6.31. The predicted octanol–water partition coefficient (Wildman–Crippen LogP) is 2.19. The molecule has 0 bridgehead atoms. The summed E-state index contributed by atoms with van der Waals surface area (Å²) in [4.78, 5) is 46.8. The third-order valence-electron chi connectivity index (χ3n) is 9.28.